The number of hydrogen-bond acceptors (Lipinski definition) is 4. The van der Waals surface area contributed by atoms with Crippen LogP contribution in [0.1, 0.15) is 35.6 Å². The third kappa shape index (κ3) is 3.94. The SMILES string of the molecule is CCN(CC)c1ccc(/C=N/NC(=O)c2cc(C)[nH]n2)cc1. The monoisotopic (exact) mass is 299 g/mol. The topological polar surface area (TPSA) is 73.4 Å². The number of anilines is 1. The summed E-state index contributed by atoms with van der Waals surface area (Å²) in [5, 5.41) is 10.5. The van der Waals surface area contributed by atoms with Crippen LogP contribution in [-0.2, 0) is 0 Å². The quantitative estimate of drug-likeness (QED) is 0.635. The average molecular weight is 299 g/mol. The van der Waals surface area contributed by atoms with Gasteiger partial charge in [-0.3, -0.25) is 9.89 Å². The van der Waals surface area contributed by atoms with E-state index in [0.717, 1.165) is 24.3 Å². The Morgan fingerprint density at radius 2 is 2.00 bits per heavy atom. The minimum absolute atomic E-state index is 0.325. The van der Waals surface area contributed by atoms with Gasteiger partial charge in [0.05, 0.1) is 6.21 Å². The highest BCUT2D eigenvalue weighted by atomic mass is 16.2. The first-order valence-electron chi connectivity index (χ1n) is 7.34. The summed E-state index contributed by atoms with van der Waals surface area (Å²) in [5.41, 5.74) is 5.72. The molecule has 2 aromatic rings. The summed E-state index contributed by atoms with van der Waals surface area (Å²) < 4.78 is 0. The van der Waals surface area contributed by atoms with Gasteiger partial charge < -0.3 is 4.90 Å². The fraction of sp³-hybridized carbons (Fsp3) is 0.312. The van der Waals surface area contributed by atoms with Gasteiger partial charge in [-0.15, -0.1) is 0 Å². The van der Waals surface area contributed by atoms with E-state index in [0.29, 0.717) is 5.69 Å². The van der Waals surface area contributed by atoms with Crippen molar-refractivity contribution in [3.63, 3.8) is 0 Å². The predicted octanol–water partition coefficient (Wildman–Crippen LogP) is 2.33. The number of amides is 1. The summed E-state index contributed by atoms with van der Waals surface area (Å²) in [6, 6.07) is 9.72. The highest BCUT2D eigenvalue weighted by Gasteiger charge is 2.07. The molecule has 22 heavy (non-hydrogen) atoms. The zero-order chi connectivity index (χ0) is 15.9. The average Bonchev–Trinajstić information content (AvgIpc) is 2.96. The molecule has 2 rings (SSSR count). The maximum Gasteiger partial charge on any atom is 0.291 e. The highest BCUT2D eigenvalue weighted by Crippen LogP contribution is 2.13. The second-order valence-electron chi connectivity index (χ2n) is 4.90. The fourth-order valence-electron chi connectivity index (χ4n) is 2.12. The number of rotatable bonds is 6. The van der Waals surface area contributed by atoms with Crippen LogP contribution < -0.4 is 10.3 Å². The van der Waals surface area contributed by atoms with Gasteiger partial charge in [-0.25, -0.2) is 5.43 Å². The number of carbonyl (C=O) groups is 1. The zero-order valence-electron chi connectivity index (χ0n) is 13.1. The van der Waals surface area contributed by atoms with E-state index < -0.39 is 0 Å². The molecule has 0 aliphatic rings. The van der Waals surface area contributed by atoms with E-state index >= 15 is 0 Å². The van der Waals surface area contributed by atoms with Crippen LogP contribution >= 0.6 is 0 Å². The molecule has 0 saturated carbocycles. The van der Waals surface area contributed by atoms with Crippen molar-refractivity contribution in [3.05, 3.63) is 47.3 Å². The molecular weight excluding hydrogens is 278 g/mol. The van der Waals surface area contributed by atoms with Crippen molar-refractivity contribution in [1.82, 2.24) is 15.6 Å². The lowest BCUT2D eigenvalue weighted by Gasteiger charge is -2.20. The van der Waals surface area contributed by atoms with Crippen LogP contribution in [0.25, 0.3) is 0 Å². The van der Waals surface area contributed by atoms with Crippen LogP contribution in [0.2, 0.25) is 0 Å². The molecule has 1 aromatic heterocycles. The Morgan fingerprint density at radius 3 is 2.55 bits per heavy atom. The van der Waals surface area contributed by atoms with Crippen molar-refractivity contribution < 1.29 is 4.79 Å². The van der Waals surface area contributed by atoms with Crippen molar-refractivity contribution in [2.75, 3.05) is 18.0 Å². The Hall–Kier alpha value is -2.63. The number of aromatic amines is 1. The number of H-pyrrole nitrogens is 1. The molecule has 1 aromatic carbocycles. The maximum absolute atomic E-state index is 11.8. The fourth-order valence-corrected chi connectivity index (χ4v) is 2.12. The van der Waals surface area contributed by atoms with Crippen LogP contribution in [0.3, 0.4) is 0 Å². The van der Waals surface area contributed by atoms with Crippen molar-refractivity contribution in [1.29, 1.82) is 0 Å². The first-order chi connectivity index (χ1) is 10.6. The number of hydrogen-bond donors (Lipinski definition) is 2. The van der Waals surface area contributed by atoms with Crippen LogP contribution in [0.4, 0.5) is 5.69 Å². The van der Waals surface area contributed by atoms with Gasteiger partial charge >= 0.3 is 0 Å². The lowest BCUT2D eigenvalue weighted by atomic mass is 10.2. The Balaban J connectivity index is 1.94. The maximum atomic E-state index is 11.8. The molecule has 0 unspecified atom stereocenters. The molecule has 1 amide bonds. The number of aryl methyl sites for hydroxylation is 1. The molecule has 0 radical (unpaired) electrons. The second kappa shape index (κ2) is 7.40. The van der Waals surface area contributed by atoms with Gasteiger partial charge in [-0.05, 0) is 44.5 Å². The lowest BCUT2D eigenvalue weighted by Crippen LogP contribution is -2.21. The zero-order valence-corrected chi connectivity index (χ0v) is 13.1. The minimum Gasteiger partial charge on any atom is -0.372 e. The van der Waals surface area contributed by atoms with Gasteiger partial charge in [0.15, 0.2) is 5.69 Å². The van der Waals surface area contributed by atoms with Crippen molar-refractivity contribution in [2.24, 2.45) is 5.10 Å². The molecule has 6 nitrogen and oxygen atoms in total. The third-order valence-corrected chi connectivity index (χ3v) is 3.34. The van der Waals surface area contributed by atoms with Gasteiger partial charge in [0.25, 0.3) is 5.91 Å². The molecule has 0 saturated heterocycles. The summed E-state index contributed by atoms with van der Waals surface area (Å²) >= 11 is 0. The smallest absolute Gasteiger partial charge is 0.291 e. The van der Waals surface area contributed by atoms with Crippen LogP contribution in [0, 0.1) is 6.92 Å². The first-order valence-corrected chi connectivity index (χ1v) is 7.34. The number of benzene rings is 1. The van der Waals surface area contributed by atoms with Gasteiger partial charge in [0.1, 0.15) is 0 Å². The Labute approximate surface area is 130 Å². The first kappa shape index (κ1) is 15.8. The highest BCUT2D eigenvalue weighted by molar-refractivity contribution is 5.93. The summed E-state index contributed by atoms with van der Waals surface area (Å²) in [6.45, 7) is 8.05. The third-order valence-electron chi connectivity index (χ3n) is 3.34. The molecule has 0 aliphatic heterocycles. The normalized spacial score (nSPS) is 10.9. The molecule has 0 spiro atoms. The molecule has 1 heterocycles. The van der Waals surface area contributed by atoms with E-state index in [9.17, 15) is 4.79 Å². The Morgan fingerprint density at radius 1 is 1.32 bits per heavy atom. The molecule has 116 valence electrons. The minimum atomic E-state index is -0.333. The summed E-state index contributed by atoms with van der Waals surface area (Å²) in [5.74, 6) is -0.333. The van der Waals surface area contributed by atoms with E-state index in [-0.39, 0.29) is 5.91 Å². The molecule has 6 heteroatoms. The number of carbonyl (C=O) groups excluding carboxylic acids is 1. The van der Waals surface area contributed by atoms with Crippen molar-refractivity contribution >= 4 is 17.8 Å². The number of nitrogens with zero attached hydrogens (tertiary/aromatic N) is 3. The van der Waals surface area contributed by atoms with Gasteiger partial charge in [-0.2, -0.15) is 10.2 Å². The molecule has 0 fully saturated rings. The van der Waals surface area contributed by atoms with Gasteiger partial charge in [-0.1, -0.05) is 12.1 Å². The van der Waals surface area contributed by atoms with E-state index in [1.54, 1.807) is 12.3 Å². The molecule has 0 aliphatic carbocycles. The standard InChI is InChI=1S/C16H21N5O/c1-4-21(5-2)14-8-6-13(7-9-14)11-17-20-16(22)15-10-12(3)18-19-15/h6-11H,4-5H2,1-3H3,(H,18,19)(H,20,22)/b17-11+. The number of hydrazone groups is 1. The van der Waals surface area contributed by atoms with Gasteiger partial charge in [0.2, 0.25) is 0 Å². The largest absolute Gasteiger partial charge is 0.372 e. The van der Waals surface area contributed by atoms with E-state index in [4.69, 9.17) is 0 Å². The van der Waals surface area contributed by atoms with E-state index in [1.165, 1.54) is 5.69 Å². The van der Waals surface area contributed by atoms with Gasteiger partial charge in [0, 0.05) is 24.5 Å². The number of nitrogens with one attached hydrogen (secondary N) is 2. The second-order valence-corrected chi connectivity index (χ2v) is 4.90. The summed E-state index contributed by atoms with van der Waals surface area (Å²) in [4.78, 5) is 14.0. The lowest BCUT2D eigenvalue weighted by molar-refractivity contribution is 0.0950. The van der Waals surface area contributed by atoms with Crippen LogP contribution in [0.15, 0.2) is 35.4 Å². The molecule has 0 bridgehead atoms. The Kier molecular flexibility index (Phi) is 5.30. The van der Waals surface area contributed by atoms with E-state index in [2.05, 4.69) is 39.5 Å². The van der Waals surface area contributed by atoms with Crippen molar-refractivity contribution in [2.45, 2.75) is 20.8 Å². The summed E-state index contributed by atoms with van der Waals surface area (Å²) in [7, 11) is 0. The predicted molar refractivity (Wildman–Crippen MR) is 88.4 cm³/mol. The van der Waals surface area contributed by atoms with E-state index in [1.807, 2.05) is 31.2 Å². The molecule has 2 N–H and O–H groups in total. The number of aromatic nitrogens is 2. The van der Waals surface area contributed by atoms with Crippen molar-refractivity contribution in [3.8, 4) is 0 Å². The molecule has 0 atom stereocenters. The Bertz CT molecular complexity index is 641. The van der Waals surface area contributed by atoms with Crippen LogP contribution in [0.5, 0.6) is 0 Å². The summed E-state index contributed by atoms with van der Waals surface area (Å²) in [6.07, 6.45) is 1.61. The van der Waals surface area contributed by atoms with Crippen LogP contribution in [-0.4, -0.2) is 35.4 Å². The molecular formula is C16H21N5O.